The monoisotopic (exact) mass is 842 g/mol. The van der Waals surface area contributed by atoms with Crippen LogP contribution in [0.15, 0.2) is 243 Å². The summed E-state index contributed by atoms with van der Waals surface area (Å²) in [5, 5.41) is 5.10. The fraction of sp³-hybridized carbons (Fsp3) is 0.0492. The van der Waals surface area contributed by atoms with E-state index in [2.05, 4.69) is 234 Å². The van der Waals surface area contributed by atoms with E-state index in [1.165, 1.54) is 81.0 Å². The summed E-state index contributed by atoms with van der Waals surface area (Å²) in [7, 11) is 0. The molecule has 0 aliphatic rings. The largest absolute Gasteiger partial charge is 0.310 e. The Hall–Kier alpha value is -7.72. The molecule has 310 valence electrons. The van der Waals surface area contributed by atoms with Gasteiger partial charge in [0.05, 0.1) is 27.1 Å². The lowest BCUT2D eigenvalue weighted by Crippen LogP contribution is -2.11. The number of anilines is 3. The predicted octanol–water partition coefficient (Wildman–Crippen LogP) is 18.4. The van der Waals surface area contributed by atoms with Crippen LogP contribution >= 0.6 is 11.3 Å². The fourth-order valence-electron chi connectivity index (χ4n) is 8.65. The summed E-state index contributed by atoms with van der Waals surface area (Å²) in [6, 6.07) is 79.3. The third kappa shape index (κ3) is 8.06. The van der Waals surface area contributed by atoms with Crippen LogP contribution in [0.25, 0.3) is 81.0 Å². The zero-order valence-electron chi connectivity index (χ0n) is 36.5. The highest BCUT2D eigenvalue weighted by atomic mass is 32.1. The number of rotatable bonds is 8. The van der Waals surface area contributed by atoms with Crippen LogP contribution in [0, 0.1) is 0 Å². The molecule has 2 nitrogen and oxygen atoms in total. The molecule has 0 amide bonds. The molecule has 64 heavy (non-hydrogen) atoms. The molecule has 0 saturated carbocycles. The first kappa shape index (κ1) is 41.6. The van der Waals surface area contributed by atoms with Gasteiger partial charge in [-0.05, 0) is 95.4 Å². The number of nitrogens with zero attached hydrogens (tertiary/aromatic N) is 2. The maximum atomic E-state index is 3.46. The second kappa shape index (κ2) is 19.1. The summed E-state index contributed by atoms with van der Waals surface area (Å²) in [6.07, 6.45) is 5.58. The van der Waals surface area contributed by atoms with Crippen LogP contribution in [0.4, 0.5) is 17.1 Å². The Bertz CT molecular complexity index is 3270. The van der Waals surface area contributed by atoms with Gasteiger partial charge < -0.3 is 9.47 Å². The third-order valence-electron chi connectivity index (χ3n) is 11.5. The zero-order chi connectivity index (χ0) is 43.8. The Kier molecular flexibility index (Phi) is 12.4. The average Bonchev–Trinajstić information content (AvgIpc) is 3.92. The molecule has 0 aliphatic heterocycles. The van der Waals surface area contributed by atoms with Gasteiger partial charge in [-0.3, -0.25) is 0 Å². The van der Waals surface area contributed by atoms with Crippen LogP contribution in [0.5, 0.6) is 0 Å². The van der Waals surface area contributed by atoms with Crippen LogP contribution in [-0.2, 0) is 0 Å². The summed E-state index contributed by atoms with van der Waals surface area (Å²) >= 11 is 1.88. The molecule has 2 aromatic heterocycles. The van der Waals surface area contributed by atoms with E-state index >= 15 is 0 Å². The number of para-hydroxylation sites is 2. The van der Waals surface area contributed by atoms with Crippen molar-refractivity contribution in [3.63, 3.8) is 0 Å². The summed E-state index contributed by atoms with van der Waals surface area (Å²) in [6.45, 7) is 9.42. The molecule has 0 aliphatic carbocycles. The molecule has 0 unspecified atom stereocenters. The lowest BCUT2D eigenvalue weighted by atomic mass is 9.99. The summed E-state index contributed by atoms with van der Waals surface area (Å²) < 4.78 is 5.09. The molecule has 3 heteroatoms. The molecular weight excluding hydrogens is 793 g/mol. The molecule has 11 aromatic rings. The first-order valence-electron chi connectivity index (χ1n) is 22.1. The number of benzene rings is 9. The second-order valence-electron chi connectivity index (χ2n) is 15.3. The topological polar surface area (TPSA) is 8.17 Å². The number of fused-ring (bicyclic) bond motifs is 6. The molecule has 0 fully saturated rings. The van der Waals surface area contributed by atoms with Gasteiger partial charge in [-0.1, -0.05) is 196 Å². The third-order valence-corrected chi connectivity index (χ3v) is 12.8. The Balaban J connectivity index is 0.000000695. The van der Waals surface area contributed by atoms with E-state index in [4.69, 9.17) is 0 Å². The summed E-state index contributed by atoms with van der Waals surface area (Å²) in [5.41, 5.74) is 14.1. The Morgan fingerprint density at radius 1 is 0.453 bits per heavy atom. The standard InChI is InChI=1S/C54H36N2S.C5H8.C2H6/c1-3-14-37(15-4-1)39-26-31-42(32-27-39)55(43-33-28-40(29-34-43)38-16-5-2-6-17-38)49-22-10-7-18-44(49)41-30-35-51-48(36-41)45-19-8-11-23-50(45)56(51)52-24-13-21-47-46-20-9-12-25-53(46)57-54(47)52;1-3-5-4-2;1-2/h1-36H;3-5H,1H2,2H3;1-2H3/b;5-4-;. The van der Waals surface area contributed by atoms with Crippen LogP contribution in [0.1, 0.15) is 20.8 Å². The van der Waals surface area contributed by atoms with E-state index in [0.29, 0.717) is 0 Å². The van der Waals surface area contributed by atoms with Gasteiger partial charge in [0.25, 0.3) is 0 Å². The molecule has 0 spiro atoms. The maximum Gasteiger partial charge on any atom is 0.0640 e. The highest BCUT2D eigenvalue weighted by Crippen LogP contribution is 2.45. The van der Waals surface area contributed by atoms with Crippen molar-refractivity contribution >= 4 is 70.4 Å². The molecule has 0 radical (unpaired) electrons. The highest BCUT2D eigenvalue weighted by molar-refractivity contribution is 7.26. The molecule has 9 aromatic carbocycles. The quantitative estimate of drug-likeness (QED) is 0.138. The van der Waals surface area contributed by atoms with E-state index in [0.717, 1.165) is 17.1 Å². The number of thiophene rings is 1. The van der Waals surface area contributed by atoms with E-state index in [1.807, 2.05) is 44.3 Å². The Morgan fingerprint density at radius 3 is 1.59 bits per heavy atom. The molecule has 0 N–H and O–H groups in total. The minimum Gasteiger partial charge on any atom is -0.310 e. The number of aromatic nitrogens is 1. The highest BCUT2D eigenvalue weighted by Gasteiger charge is 2.20. The molecule has 11 rings (SSSR count). The van der Waals surface area contributed by atoms with Gasteiger partial charge in [-0.2, -0.15) is 0 Å². The molecular formula is C61H50N2S. The average molecular weight is 843 g/mol. The Morgan fingerprint density at radius 2 is 0.969 bits per heavy atom. The van der Waals surface area contributed by atoms with E-state index in [9.17, 15) is 0 Å². The molecule has 2 heterocycles. The zero-order valence-corrected chi connectivity index (χ0v) is 37.3. The molecule has 0 saturated heterocycles. The SMILES string of the molecule is C=C/C=C\C.CC.c1ccc(-c2ccc(N(c3ccc(-c4ccccc4)cc3)c3ccccc3-c3ccc4c(c3)c3ccccc3n4-c3cccc4c3sc3ccccc34)cc2)cc1. The predicted molar refractivity (Wildman–Crippen MR) is 281 cm³/mol. The van der Waals surface area contributed by atoms with Crippen LogP contribution in [-0.4, -0.2) is 4.57 Å². The summed E-state index contributed by atoms with van der Waals surface area (Å²) in [4.78, 5) is 2.40. The number of allylic oxidation sites excluding steroid dienone is 3. The van der Waals surface area contributed by atoms with E-state index in [-0.39, 0.29) is 0 Å². The lowest BCUT2D eigenvalue weighted by Gasteiger charge is -2.28. The van der Waals surface area contributed by atoms with Crippen molar-refractivity contribution in [3.8, 4) is 39.1 Å². The van der Waals surface area contributed by atoms with Gasteiger partial charge in [-0.15, -0.1) is 11.3 Å². The normalized spacial score (nSPS) is 11.0. The van der Waals surface area contributed by atoms with Gasteiger partial charge in [0.15, 0.2) is 0 Å². The van der Waals surface area contributed by atoms with Crippen molar-refractivity contribution in [1.82, 2.24) is 4.57 Å². The lowest BCUT2D eigenvalue weighted by molar-refractivity contribution is 1.20. The number of hydrogen-bond donors (Lipinski definition) is 0. The first-order valence-corrected chi connectivity index (χ1v) is 22.9. The first-order chi connectivity index (χ1) is 31.7. The van der Waals surface area contributed by atoms with Crippen molar-refractivity contribution in [2.45, 2.75) is 20.8 Å². The van der Waals surface area contributed by atoms with Gasteiger partial charge in [0.2, 0.25) is 0 Å². The van der Waals surface area contributed by atoms with Gasteiger partial charge in [0.1, 0.15) is 0 Å². The van der Waals surface area contributed by atoms with Crippen molar-refractivity contribution in [2.75, 3.05) is 4.90 Å². The van der Waals surface area contributed by atoms with Crippen LogP contribution in [0.3, 0.4) is 0 Å². The second-order valence-corrected chi connectivity index (χ2v) is 16.3. The molecule has 0 atom stereocenters. The Labute approximate surface area is 381 Å². The minimum atomic E-state index is 1.10. The minimum absolute atomic E-state index is 1.10. The van der Waals surface area contributed by atoms with Gasteiger partial charge in [-0.25, -0.2) is 0 Å². The van der Waals surface area contributed by atoms with Gasteiger partial charge >= 0.3 is 0 Å². The van der Waals surface area contributed by atoms with Crippen molar-refractivity contribution in [1.29, 1.82) is 0 Å². The van der Waals surface area contributed by atoms with Crippen molar-refractivity contribution in [2.24, 2.45) is 0 Å². The van der Waals surface area contributed by atoms with E-state index in [1.54, 1.807) is 6.08 Å². The number of hydrogen-bond acceptors (Lipinski definition) is 2. The van der Waals surface area contributed by atoms with Crippen molar-refractivity contribution < 1.29 is 0 Å². The van der Waals surface area contributed by atoms with Crippen molar-refractivity contribution in [3.05, 3.63) is 243 Å². The summed E-state index contributed by atoms with van der Waals surface area (Å²) in [5.74, 6) is 0. The van der Waals surface area contributed by atoms with Crippen LogP contribution < -0.4 is 4.90 Å². The fourth-order valence-corrected chi connectivity index (χ4v) is 9.86. The van der Waals surface area contributed by atoms with E-state index < -0.39 is 0 Å². The maximum absolute atomic E-state index is 3.46. The van der Waals surface area contributed by atoms with Gasteiger partial charge in [0, 0.05) is 43.2 Å². The smallest absolute Gasteiger partial charge is 0.0640 e. The molecule has 0 bridgehead atoms. The van der Waals surface area contributed by atoms with Crippen LogP contribution in [0.2, 0.25) is 0 Å².